The molecule has 1 fully saturated rings. The zero-order chi connectivity index (χ0) is 10.8. The minimum absolute atomic E-state index is 0.230. The third kappa shape index (κ3) is 3.07. The Morgan fingerprint density at radius 2 is 2.21 bits per heavy atom. The molecule has 14 heavy (non-hydrogen) atoms. The molecule has 0 aromatic rings. The van der Waals surface area contributed by atoms with Gasteiger partial charge >= 0.3 is 0 Å². The standard InChI is InChI=1S/C11H21NO2/c1-9-4-5-12(6-10(9)14)7-11(2,3)8-13/h8-10,14H,4-7H2,1-3H3. The van der Waals surface area contributed by atoms with Crippen molar-refractivity contribution in [3.63, 3.8) is 0 Å². The summed E-state index contributed by atoms with van der Waals surface area (Å²) < 4.78 is 0. The van der Waals surface area contributed by atoms with E-state index in [1.54, 1.807) is 0 Å². The van der Waals surface area contributed by atoms with Crippen molar-refractivity contribution in [2.75, 3.05) is 19.6 Å². The van der Waals surface area contributed by atoms with Gasteiger partial charge < -0.3 is 9.90 Å². The SMILES string of the molecule is CC1CCN(CC(C)(C)C=O)CC1O. The van der Waals surface area contributed by atoms with Gasteiger partial charge in [0.05, 0.1) is 6.10 Å². The lowest BCUT2D eigenvalue weighted by Crippen LogP contribution is -2.46. The zero-order valence-electron chi connectivity index (χ0n) is 9.36. The first-order chi connectivity index (χ1) is 6.44. The Bertz CT molecular complexity index is 203. The van der Waals surface area contributed by atoms with Crippen LogP contribution in [0, 0.1) is 11.3 Å². The Labute approximate surface area is 86.1 Å². The molecule has 0 aliphatic carbocycles. The second-order valence-electron chi connectivity index (χ2n) is 5.17. The number of hydrogen-bond donors (Lipinski definition) is 1. The molecular weight excluding hydrogens is 178 g/mol. The number of aliphatic hydroxyl groups is 1. The molecule has 0 amide bonds. The first kappa shape index (κ1) is 11.7. The maximum absolute atomic E-state index is 10.8. The second kappa shape index (κ2) is 4.41. The molecule has 0 spiro atoms. The van der Waals surface area contributed by atoms with E-state index in [0.29, 0.717) is 12.5 Å². The lowest BCUT2D eigenvalue weighted by atomic mass is 9.91. The number of rotatable bonds is 3. The van der Waals surface area contributed by atoms with Crippen LogP contribution in [0.25, 0.3) is 0 Å². The molecule has 1 N–H and O–H groups in total. The van der Waals surface area contributed by atoms with Crippen LogP contribution in [0.15, 0.2) is 0 Å². The van der Waals surface area contributed by atoms with Gasteiger partial charge in [-0.05, 0) is 18.9 Å². The fourth-order valence-corrected chi connectivity index (χ4v) is 1.87. The molecule has 1 aliphatic heterocycles. The normalized spacial score (nSPS) is 30.3. The Balaban J connectivity index is 2.44. The number of nitrogens with zero attached hydrogens (tertiary/aromatic N) is 1. The molecule has 0 radical (unpaired) electrons. The van der Waals surface area contributed by atoms with Crippen molar-refractivity contribution in [1.29, 1.82) is 0 Å². The predicted octanol–water partition coefficient (Wildman–Crippen LogP) is 0.914. The molecule has 1 aliphatic rings. The number of carbonyl (C=O) groups excluding carboxylic acids is 1. The Hall–Kier alpha value is -0.410. The lowest BCUT2D eigenvalue weighted by Gasteiger charge is -2.37. The monoisotopic (exact) mass is 199 g/mol. The summed E-state index contributed by atoms with van der Waals surface area (Å²) in [6.45, 7) is 8.40. The van der Waals surface area contributed by atoms with Gasteiger partial charge in [-0.15, -0.1) is 0 Å². The number of aliphatic hydroxyl groups excluding tert-OH is 1. The van der Waals surface area contributed by atoms with E-state index in [-0.39, 0.29) is 11.5 Å². The molecule has 82 valence electrons. The van der Waals surface area contributed by atoms with Crippen LogP contribution in [0.1, 0.15) is 27.2 Å². The van der Waals surface area contributed by atoms with Gasteiger partial charge in [0, 0.05) is 18.5 Å². The van der Waals surface area contributed by atoms with E-state index < -0.39 is 0 Å². The van der Waals surface area contributed by atoms with Gasteiger partial charge in [-0.2, -0.15) is 0 Å². The van der Waals surface area contributed by atoms with E-state index in [2.05, 4.69) is 11.8 Å². The van der Waals surface area contributed by atoms with E-state index in [0.717, 1.165) is 25.8 Å². The van der Waals surface area contributed by atoms with Gasteiger partial charge in [-0.3, -0.25) is 4.90 Å². The topological polar surface area (TPSA) is 40.5 Å². The summed E-state index contributed by atoms with van der Waals surface area (Å²) in [5, 5.41) is 9.69. The van der Waals surface area contributed by atoms with Gasteiger partial charge in [0.2, 0.25) is 0 Å². The molecule has 0 saturated carbocycles. The fourth-order valence-electron chi connectivity index (χ4n) is 1.87. The number of aldehydes is 1. The Morgan fingerprint density at radius 3 is 2.71 bits per heavy atom. The zero-order valence-corrected chi connectivity index (χ0v) is 9.36. The van der Waals surface area contributed by atoms with Crippen LogP contribution >= 0.6 is 0 Å². The van der Waals surface area contributed by atoms with E-state index in [1.807, 2.05) is 13.8 Å². The largest absolute Gasteiger partial charge is 0.392 e. The summed E-state index contributed by atoms with van der Waals surface area (Å²) in [5.74, 6) is 0.394. The number of hydrogen-bond acceptors (Lipinski definition) is 3. The maximum Gasteiger partial charge on any atom is 0.126 e. The van der Waals surface area contributed by atoms with Crippen molar-refractivity contribution in [3.05, 3.63) is 0 Å². The minimum atomic E-state index is -0.291. The number of carbonyl (C=O) groups is 1. The van der Waals surface area contributed by atoms with Crippen LogP contribution < -0.4 is 0 Å². The van der Waals surface area contributed by atoms with E-state index in [9.17, 15) is 9.90 Å². The first-order valence-electron chi connectivity index (χ1n) is 5.31. The highest BCUT2D eigenvalue weighted by Crippen LogP contribution is 2.21. The summed E-state index contributed by atoms with van der Waals surface area (Å²) in [6, 6.07) is 0. The van der Waals surface area contributed by atoms with Crippen LogP contribution in [0.3, 0.4) is 0 Å². The van der Waals surface area contributed by atoms with Crippen LogP contribution in [-0.2, 0) is 4.79 Å². The average Bonchev–Trinajstić information content (AvgIpc) is 2.11. The van der Waals surface area contributed by atoms with Gasteiger partial charge in [0.15, 0.2) is 0 Å². The number of β-amino-alcohol motifs (C(OH)–C–C–N with tert-alkyl or cyclic N) is 1. The van der Waals surface area contributed by atoms with Gasteiger partial charge in [-0.1, -0.05) is 20.8 Å². The smallest absolute Gasteiger partial charge is 0.126 e. The summed E-state index contributed by atoms with van der Waals surface area (Å²) in [5.41, 5.74) is -0.291. The fraction of sp³-hybridized carbons (Fsp3) is 0.909. The number of likely N-dealkylation sites (tertiary alicyclic amines) is 1. The molecule has 1 heterocycles. The molecule has 0 aromatic carbocycles. The van der Waals surface area contributed by atoms with Crippen molar-refractivity contribution in [1.82, 2.24) is 4.90 Å². The van der Waals surface area contributed by atoms with Crippen LogP contribution in [-0.4, -0.2) is 42.0 Å². The van der Waals surface area contributed by atoms with Gasteiger partial charge in [-0.25, -0.2) is 0 Å². The van der Waals surface area contributed by atoms with E-state index in [4.69, 9.17) is 0 Å². The molecule has 0 aromatic heterocycles. The minimum Gasteiger partial charge on any atom is -0.392 e. The van der Waals surface area contributed by atoms with Crippen molar-refractivity contribution < 1.29 is 9.90 Å². The predicted molar refractivity (Wildman–Crippen MR) is 56.1 cm³/mol. The molecular formula is C11H21NO2. The van der Waals surface area contributed by atoms with E-state index in [1.165, 1.54) is 0 Å². The van der Waals surface area contributed by atoms with Crippen molar-refractivity contribution in [2.45, 2.75) is 33.3 Å². The first-order valence-corrected chi connectivity index (χ1v) is 5.31. The maximum atomic E-state index is 10.8. The third-order valence-electron chi connectivity index (χ3n) is 2.95. The number of piperidine rings is 1. The summed E-state index contributed by atoms with van der Waals surface area (Å²) in [4.78, 5) is 12.9. The highest BCUT2D eigenvalue weighted by molar-refractivity contribution is 5.58. The van der Waals surface area contributed by atoms with Crippen LogP contribution in [0.2, 0.25) is 0 Å². The van der Waals surface area contributed by atoms with Crippen molar-refractivity contribution >= 4 is 6.29 Å². The summed E-state index contributed by atoms with van der Waals surface area (Å²) >= 11 is 0. The van der Waals surface area contributed by atoms with Crippen LogP contribution in [0.4, 0.5) is 0 Å². The third-order valence-corrected chi connectivity index (χ3v) is 2.95. The van der Waals surface area contributed by atoms with Gasteiger partial charge in [0.25, 0.3) is 0 Å². The highest BCUT2D eigenvalue weighted by Gasteiger charge is 2.28. The average molecular weight is 199 g/mol. The molecule has 3 nitrogen and oxygen atoms in total. The van der Waals surface area contributed by atoms with Crippen molar-refractivity contribution in [3.8, 4) is 0 Å². The van der Waals surface area contributed by atoms with Crippen LogP contribution in [0.5, 0.6) is 0 Å². The molecule has 2 unspecified atom stereocenters. The lowest BCUT2D eigenvalue weighted by molar-refractivity contribution is -0.116. The molecule has 3 heteroatoms. The molecule has 1 saturated heterocycles. The Morgan fingerprint density at radius 1 is 1.57 bits per heavy atom. The Kier molecular flexibility index (Phi) is 3.67. The highest BCUT2D eigenvalue weighted by atomic mass is 16.3. The van der Waals surface area contributed by atoms with E-state index >= 15 is 0 Å². The second-order valence-corrected chi connectivity index (χ2v) is 5.17. The summed E-state index contributed by atoms with van der Waals surface area (Å²) in [6.07, 6.45) is 1.79. The quantitative estimate of drug-likeness (QED) is 0.687. The summed E-state index contributed by atoms with van der Waals surface area (Å²) in [7, 11) is 0. The van der Waals surface area contributed by atoms with Crippen molar-refractivity contribution in [2.24, 2.45) is 11.3 Å². The van der Waals surface area contributed by atoms with Gasteiger partial charge in [0.1, 0.15) is 6.29 Å². The molecule has 0 bridgehead atoms. The molecule has 1 rings (SSSR count). The molecule has 2 atom stereocenters.